The van der Waals surface area contributed by atoms with Gasteiger partial charge in [-0.05, 0) is 52.2 Å². The summed E-state index contributed by atoms with van der Waals surface area (Å²) in [7, 11) is 0. The highest BCUT2D eigenvalue weighted by molar-refractivity contribution is 5.78. The minimum Gasteiger partial charge on any atom is -0.482 e. The molecular weight excluding hydrogens is 400 g/mol. The van der Waals surface area contributed by atoms with Gasteiger partial charge in [-0.3, -0.25) is 4.79 Å². The van der Waals surface area contributed by atoms with Crippen LogP contribution in [0.2, 0.25) is 0 Å². The lowest BCUT2D eigenvalue weighted by Crippen LogP contribution is -2.21. The molecule has 0 atom stereocenters. The highest BCUT2D eigenvalue weighted by atomic mass is 16.6. The average molecular weight is 435 g/mol. The molecule has 0 radical (unpaired) electrons. The largest absolute Gasteiger partial charge is 0.482 e. The van der Waals surface area contributed by atoms with Crippen molar-refractivity contribution < 1.29 is 28.9 Å². The summed E-state index contributed by atoms with van der Waals surface area (Å²) in [5, 5.41) is 8.76. The molecule has 0 saturated carbocycles. The van der Waals surface area contributed by atoms with E-state index in [-0.39, 0.29) is 18.2 Å². The fourth-order valence-corrected chi connectivity index (χ4v) is 3.54. The second-order valence-electron chi connectivity index (χ2n) is 8.53. The van der Waals surface area contributed by atoms with Crippen LogP contribution in [-0.4, -0.2) is 52.0 Å². The van der Waals surface area contributed by atoms with Gasteiger partial charge in [0.15, 0.2) is 6.61 Å². The van der Waals surface area contributed by atoms with Crippen LogP contribution in [0, 0.1) is 0 Å². The van der Waals surface area contributed by atoms with E-state index in [1.54, 1.807) is 6.07 Å². The van der Waals surface area contributed by atoms with Gasteiger partial charge in [0.2, 0.25) is 0 Å². The zero-order valence-electron chi connectivity index (χ0n) is 19.1. The van der Waals surface area contributed by atoms with Crippen molar-refractivity contribution in [2.75, 3.05) is 19.8 Å². The van der Waals surface area contributed by atoms with E-state index in [2.05, 4.69) is 11.5 Å². The lowest BCUT2D eigenvalue weighted by atomic mass is 10.1. The molecule has 2 aromatic rings. The van der Waals surface area contributed by atoms with E-state index in [1.807, 2.05) is 32.9 Å². The molecular formula is C23H34N2O6. The smallest absolute Gasteiger partial charge is 0.341 e. The van der Waals surface area contributed by atoms with Gasteiger partial charge < -0.3 is 23.9 Å². The fraction of sp³-hybridized carbons (Fsp3) is 0.609. The molecule has 1 fully saturated rings. The lowest BCUT2D eigenvalue weighted by molar-refractivity contribution is -0.152. The van der Waals surface area contributed by atoms with E-state index < -0.39 is 5.97 Å². The number of carbonyl (C=O) groups is 2. The average Bonchev–Trinajstić information content (AvgIpc) is 3.03. The summed E-state index contributed by atoms with van der Waals surface area (Å²) in [6, 6.07) is 5.97. The van der Waals surface area contributed by atoms with Gasteiger partial charge in [-0.1, -0.05) is 6.92 Å². The first-order chi connectivity index (χ1) is 14.6. The summed E-state index contributed by atoms with van der Waals surface area (Å²) in [5.74, 6) is 0.452. The van der Waals surface area contributed by atoms with Crippen LogP contribution in [0.25, 0.3) is 11.0 Å². The minimum absolute atomic E-state index is 0.225. The van der Waals surface area contributed by atoms with E-state index in [9.17, 15) is 9.59 Å². The van der Waals surface area contributed by atoms with Crippen LogP contribution in [0.5, 0.6) is 5.75 Å². The summed E-state index contributed by atoms with van der Waals surface area (Å²) >= 11 is 0. The molecule has 1 saturated heterocycles. The van der Waals surface area contributed by atoms with E-state index in [1.165, 1.54) is 6.92 Å². The van der Waals surface area contributed by atoms with E-state index in [0.29, 0.717) is 11.8 Å². The summed E-state index contributed by atoms with van der Waals surface area (Å²) in [5.41, 5.74) is 1.62. The van der Waals surface area contributed by atoms with Gasteiger partial charge in [-0.2, -0.15) is 0 Å². The molecule has 0 amide bonds. The maximum atomic E-state index is 10.7. The molecule has 8 heteroatoms. The van der Waals surface area contributed by atoms with Crippen LogP contribution < -0.4 is 4.74 Å². The lowest BCUT2D eigenvalue weighted by Gasteiger charge is -2.26. The predicted octanol–water partition coefficient (Wildman–Crippen LogP) is 4.15. The number of hydrogen-bond acceptors (Lipinski definition) is 6. The summed E-state index contributed by atoms with van der Waals surface area (Å²) in [6.45, 7) is 10.3. The maximum Gasteiger partial charge on any atom is 0.341 e. The third-order valence-electron chi connectivity index (χ3n) is 4.58. The number of hydrogen-bond donors (Lipinski definition) is 1. The molecule has 0 unspecified atom stereocenters. The van der Waals surface area contributed by atoms with E-state index in [0.717, 1.165) is 55.8 Å². The van der Waals surface area contributed by atoms with Gasteiger partial charge >= 0.3 is 11.9 Å². The molecule has 1 aliphatic heterocycles. The number of nitrogens with zero attached hydrogens (tertiary/aromatic N) is 2. The van der Waals surface area contributed by atoms with Crippen molar-refractivity contribution in [1.29, 1.82) is 0 Å². The normalized spacial score (nSPS) is 14.6. The zero-order chi connectivity index (χ0) is 23.0. The van der Waals surface area contributed by atoms with Crippen molar-refractivity contribution in [2.45, 2.75) is 71.9 Å². The number of carbonyl (C=O) groups excluding carboxylic acids is 1. The topological polar surface area (TPSA) is 99.9 Å². The van der Waals surface area contributed by atoms with Crippen LogP contribution in [-0.2, 0) is 25.5 Å². The first-order valence-corrected chi connectivity index (χ1v) is 10.7. The van der Waals surface area contributed by atoms with Crippen LogP contribution >= 0.6 is 0 Å². The van der Waals surface area contributed by atoms with Crippen molar-refractivity contribution in [3.05, 3.63) is 24.0 Å². The number of aromatic nitrogens is 2. The van der Waals surface area contributed by atoms with Gasteiger partial charge in [-0.15, -0.1) is 0 Å². The Morgan fingerprint density at radius 1 is 1.26 bits per heavy atom. The third-order valence-corrected chi connectivity index (χ3v) is 4.58. The third kappa shape index (κ3) is 7.86. The number of aryl methyl sites for hydroxylation is 1. The second kappa shape index (κ2) is 11.1. The number of carboxylic acid groups (broad SMARTS) is 1. The standard InChI is InChI=1S/C17H22N2O4.C6H12O2/c1-2-3-16-18-14-5-4-13(23-11-17(20)21)10-15(14)19(16)12-6-8-22-9-7-12;1-5(7)8-6(2,3)4/h4-5,10,12H,2-3,6-9,11H2,1H3,(H,20,21);1-4H3. The molecule has 2 heterocycles. The Morgan fingerprint density at radius 3 is 2.45 bits per heavy atom. The first kappa shape index (κ1) is 24.7. The van der Waals surface area contributed by atoms with Crippen molar-refractivity contribution in [2.24, 2.45) is 0 Å². The molecule has 1 N–H and O–H groups in total. The molecule has 31 heavy (non-hydrogen) atoms. The quantitative estimate of drug-likeness (QED) is 0.682. The van der Waals surface area contributed by atoms with Gasteiger partial charge in [-0.25, -0.2) is 9.78 Å². The Labute approximate surface area is 183 Å². The van der Waals surface area contributed by atoms with Gasteiger partial charge in [0.1, 0.15) is 17.2 Å². The van der Waals surface area contributed by atoms with Crippen molar-refractivity contribution in [3.63, 3.8) is 0 Å². The predicted molar refractivity (Wildman–Crippen MR) is 117 cm³/mol. The Bertz CT molecular complexity index is 878. The Balaban J connectivity index is 0.000000366. The summed E-state index contributed by atoms with van der Waals surface area (Å²) in [4.78, 5) is 25.7. The maximum absolute atomic E-state index is 10.7. The molecule has 3 rings (SSSR count). The van der Waals surface area contributed by atoms with Crippen LogP contribution in [0.1, 0.15) is 65.7 Å². The molecule has 8 nitrogen and oxygen atoms in total. The number of rotatable bonds is 6. The first-order valence-electron chi connectivity index (χ1n) is 10.7. The van der Waals surface area contributed by atoms with Crippen molar-refractivity contribution in [3.8, 4) is 5.75 Å². The molecule has 172 valence electrons. The SMILES string of the molecule is CC(=O)OC(C)(C)C.CCCc1nc2ccc(OCC(=O)O)cc2n1C1CCOCC1. The van der Waals surface area contributed by atoms with Gasteiger partial charge in [0.25, 0.3) is 0 Å². The monoisotopic (exact) mass is 434 g/mol. The molecule has 0 bridgehead atoms. The second-order valence-corrected chi connectivity index (χ2v) is 8.53. The zero-order valence-corrected chi connectivity index (χ0v) is 19.1. The van der Waals surface area contributed by atoms with Crippen molar-refractivity contribution >= 4 is 23.0 Å². The number of imidazole rings is 1. The number of fused-ring (bicyclic) bond motifs is 1. The number of benzene rings is 1. The van der Waals surface area contributed by atoms with Crippen molar-refractivity contribution in [1.82, 2.24) is 9.55 Å². The van der Waals surface area contributed by atoms with E-state index in [4.69, 9.17) is 24.3 Å². The molecule has 0 spiro atoms. The Morgan fingerprint density at radius 2 is 1.94 bits per heavy atom. The Hall–Kier alpha value is -2.61. The summed E-state index contributed by atoms with van der Waals surface area (Å²) < 4.78 is 17.9. The number of esters is 1. The minimum atomic E-state index is -0.977. The number of ether oxygens (including phenoxy) is 3. The van der Waals surface area contributed by atoms with Gasteiger partial charge in [0, 0.05) is 38.7 Å². The number of aliphatic carboxylic acids is 1. The van der Waals surface area contributed by atoms with Gasteiger partial charge in [0.05, 0.1) is 11.0 Å². The highest BCUT2D eigenvalue weighted by Gasteiger charge is 2.21. The summed E-state index contributed by atoms with van der Waals surface area (Å²) in [6.07, 6.45) is 3.91. The van der Waals surface area contributed by atoms with Crippen LogP contribution in [0.3, 0.4) is 0 Å². The van der Waals surface area contributed by atoms with E-state index >= 15 is 0 Å². The fourth-order valence-electron chi connectivity index (χ4n) is 3.54. The van der Waals surface area contributed by atoms with Crippen LogP contribution in [0.15, 0.2) is 18.2 Å². The number of carboxylic acids is 1. The Kier molecular flexibility index (Phi) is 8.86. The molecule has 1 aromatic carbocycles. The highest BCUT2D eigenvalue weighted by Crippen LogP contribution is 2.30. The molecule has 1 aromatic heterocycles. The van der Waals surface area contributed by atoms with Crippen LogP contribution in [0.4, 0.5) is 0 Å². The molecule has 0 aliphatic carbocycles. The molecule has 1 aliphatic rings.